The van der Waals surface area contributed by atoms with E-state index >= 15 is 0 Å². The molecular formula is C21H20O5. The number of methoxy groups -OCH3 is 1. The van der Waals surface area contributed by atoms with E-state index in [1.807, 2.05) is 0 Å². The highest BCUT2D eigenvalue weighted by Crippen LogP contribution is 2.34. The monoisotopic (exact) mass is 352 g/mol. The second-order valence-corrected chi connectivity index (χ2v) is 7.01. The number of benzene rings is 2. The Balaban J connectivity index is 1.77. The van der Waals surface area contributed by atoms with Gasteiger partial charge in [0.1, 0.15) is 17.2 Å². The maximum Gasteiger partial charge on any atom is 0.316 e. The number of hydrogen-bond donors (Lipinski definition) is 0. The van der Waals surface area contributed by atoms with Crippen LogP contribution in [0, 0.1) is 5.41 Å². The van der Waals surface area contributed by atoms with Gasteiger partial charge in [0.25, 0.3) is 0 Å². The van der Waals surface area contributed by atoms with Crippen molar-refractivity contribution in [3.8, 4) is 17.2 Å². The summed E-state index contributed by atoms with van der Waals surface area (Å²) in [6.07, 6.45) is 1.66. The maximum absolute atomic E-state index is 12.4. The van der Waals surface area contributed by atoms with Crippen molar-refractivity contribution < 1.29 is 23.8 Å². The van der Waals surface area contributed by atoms with Crippen LogP contribution in [0.15, 0.2) is 48.2 Å². The first-order valence-corrected chi connectivity index (χ1v) is 8.22. The van der Waals surface area contributed by atoms with Crippen LogP contribution in [0.3, 0.4) is 0 Å². The van der Waals surface area contributed by atoms with E-state index in [1.165, 1.54) is 0 Å². The first-order valence-electron chi connectivity index (χ1n) is 8.22. The molecule has 0 bridgehead atoms. The fraction of sp³-hybridized carbons (Fsp3) is 0.238. The molecule has 0 aliphatic carbocycles. The topological polar surface area (TPSA) is 61.8 Å². The fourth-order valence-corrected chi connectivity index (χ4v) is 2.34. The number of allylic oxidation sites excluding steroid dienone is 1. The summed E-state index contributed by atoms with van der Waals surface area (Å²) >= 11 is 0. The zero-order valence-electron chi connectivity index (χ0n) is 15.2. The number of carbonyl (C=O) groups excluding carboxylic acids is 2. The van der Waals surface area contributed by atoms with Gasteiger partial charge in [0.15, 0.2) is 5.76 Å². The van der Waals surface area contributed by atoms with E-state index in [0.29, 0.717) is 22.8 Å². The largest absolute Gasteiger partial charge is 0.497 e. The quantitative estimate of drug-likeness (QED) is 0.469. The normalized spacial score (nSPS) is 14.8. The van der Waals surface area contributed by atoms with Gasteiger partial charge >= 0.3 is 5.97 Å². The summed E-state index contributed by atoms with van der Waals surface area (Å²) in [6, 6.07) is 12.0. The number of ketones is 1. The molecule has 26 heavy (non-hydrogen) atoms. The molecule has 134 valence electrons. The van der Waals surface area contributed by atoms with Crippen LogP contribution in [0.5, 0.6) is 17.2 Å². The molecule has 0 saturated carbocycles. The van der Waals surface area contributed by atoms with Gasteiger partial charge < -0.3 is 14.2 Å². The molecule has 0 radical (unpaired) electrons. The van der Waals surface area contributed by atoms with Crippen molar-refractivity contribution in [3.63, 3.8) is 0 Å². The van der Waals surface area contributed by atoms with E-state index in [9.17, 15) is 9.59 Å². The summed E-state index contributed by atoms with van der Waals surface area (Å²) in [6.45, 7) is 5.39. The third kappa shape index (κ3) is 3.61. The first kappa shape index (κ1) is 17.7. The van der Waals surface area contributed by atoms with Crippen LogP contribution in [-0.4, -0.2) is 18.9 Å². The average Bonchev–Trinajstić information content (AvgIpc) is 2.91. The molecule has 1 heterocycles. The van der Waals surface area contributed by atoms with E-state index < -0.39 is 5.41 Å². The van der Waals surface area contributed by atoms with E-state index in [0.717, 1.165) is 5.56 Å². The molecule has 3 rings (SSSR count). The predicted molar refractivity (Wildman–Crippen MR) is 97.5 cm³/mol. The molecule has 0 spiro atoms. The van der Waals surface area contributed by atoms with Gasteiger partial charge in [-0.3, -0.25) is 9.59 Å². The molecule has 5 heteroatoms. The molecule has 2 aromatic carbocycles. The van der Waals surface area contributed by atoms with Crippen molar-refractivity contribution in [2.45, 2.75) is 20.8 Å². The molecule has 0 aromatic heterocycles. The van der Waals surface area contributed by atoms with Gasteiger partial charge in [-0.15, -0.1) is 0 Å². The van der Waals surface area contributed by atoms with Crippen LogP contribution < -0.4 is 14.2 Å². The highest BCUT2D eigenvalue weighted by Gasteiger charge is 2.27. The maximum atomic E-state index is 12.4. The summed E-state index contributed by atoms with van der Waals surface area (Å²) in [5.41, 5.74) is 0.703. The van der Waals surface area contributed by atoms with Crippen LogP contribution in [0.1, 0.15) is 36.7 Å². The van der Waals surface area contributed by atoms with Gasteiger partial charge in [0.2, 0.25) is 5.78 Å². The van der Waals surface area contributed by atoms with Gasteiger partial charge in [0, 0.05) is 6.07 Å². The summed E-state index contributed by atoms with van der Waals surface area (Å²) in [5.74, 6) is 1.33. The number of esters is 1. The van der Waals surface area contributed by atoms with Crippen molar-refractivity contribution >= 4 is 17.8 Å². The Bertz CT molecular complexity index is 886. The second kappa shape index (κ2) is 6.67. The van der Waals surface area contributed by atoms with Crippen molar-refractivity contribution in [1.29, 1.82) is 0 Å². The van der Waals surface area contributed by atoms with Gasteiger partial charge in [-0.1, -0.05) is 12.1 Å². The molecule has 5 nitrogen and oxygen atoms in total. The lowest BCUT2D eigenvalue weighted by Gasteiger charge is -2.16. The Morgan fingerprint density at radius 1 is 1.04 bits per heavy atom. The number of Topliss-reactive ketones (excluding diaryl/α,β-unsaturated/α-hetero) is 1. The van der Waals surface area contributed by atoms with Gasteiger partial charge in [-0.2, -0.15) is 0 Å². The van der Waals surface area contributed by atoms with Crippen LogP contribution in [-0.2, 0) is 4.79 Å². The Hall–Kier alpha value is -3.08. The minimum atomic E-state index is -0.572. The Morgan fingerprint density at radius 2 is 1.69 bits per heavy atom. The number of fused-ring (bicyclic) bond motifs is 1. The molecule has 1 aliphatic heterocycles. The minimum absolute atomic E-state index is 0.175. The predicted octanol–water partition coefficient (Wildman–Crippen LogP) is 4.26. The Labute approximate surface area is 152 Å². The van der Waals surface area contributed by atoms with E-state index in [1.54, 1.807) is 76.4 Å². The summed E-state index contributed by atoms with van der Waals surface area (Å²) in [4.78, 5) is 24.3. The zero-order valence-corrected chi connectivity index (χ0v) is 15.2. The van der Waals surface area contributed by atoms with Crippen molar-refractivity contribution in [2.24, 2.45) is 5.41 Å². The molecule has 0 N–H and O–H groups in total. The molecular weight excluding hydrogens is 332 g/mol. The minimum Gasteiger partial charge on any atom is -0.497 e. The third-order valence-electron chi connectivity index (χ3n) is 3.88. The number of hydrogen-bond acceptors (Lipinski definition) is 5. The average molecular weight is 352 g/mol. The molecule has 1 aliphatic rings. The lowest BCUT2D eigenvalue weighted by Crippen LogP contribution is -2.25. The van der Waals surface area contributed by atoms with Gasteiger partial charge in [0.05, 0.1) is 18.1 Å². The van der Waals surface area contributed by atoms with Crippen molar-refractivity contribution in [3.05, 3.63) is 59.4 Å². The molecule has 0 amide bonds. The highest BCUT2D eigenvalue weighted by molar-refractivity contribution is 6.14. The van der Waals surface area contributed by atoms with Crippen molar-refractivity contribution in [2.75, 3.05) is 7.11 Å². The zero-order chi connectivity index (χ0) is 18.9. The number of rotatable bonds is 3. The molecule has 0 atom stereocenters. The summed E-state index contributed by atoms with van der Waals surface area (Å²) in [5, 5.41) is 0. The summed E-state index contributed by atoms with van der Waals surface area (Å²) < 4.78 is 16.1. The molecule has 2 aromatic rings. The lowest BCUT2D eigenvalue weighted by molar-refractivity contribution is -0.143. The standard InChI is InChI=1S/C21H20O5/c1-21(2,3)20(23)25-14-7-5-13(6-8-14)11-18-19(22)16-10-9-15(24-4)12-17(16)26-18/h5-12H,1-4H3/b18-11-. The Kier molecular flexibility index (Phi) is 4.55. The van der Waals surface area contributed by atoms with Crippen LogP contribution >= 0.6 is 0 Å². The van der Waals surface area contributed by atoms with Crippen LogP contribution in [0.25, 0.3) is 6.08 Å². The van der Waals surface area contributed by atoms with Gasteiger partial charge in [-0.05, 0) is 56.7 Å². The molecule has 0 saturated heterocycles. The van der Waals surface area contributed by atoms with Gasteiger partial charge in [-0.25, -0.2) is 0 Å². The lowest BCUT2D eigenvalue weighted by atomic mass is 9.97. The fourth-order valence-electron chi connectivity index (χ4n) is 2.34. The smallest absolute Gasteiger partial charge is 0.316 e. The van der Waals surface area contributed by atoms with E-state index in [2.05, 4.69) is 0 Å². The number of carbonyl (C=O) groups is 2. The van der Waals surface area contributed by atoms with Crippen molar-refractivity contribution in [1.82, 2.24) is 0 Å². The second-order valence-electron chi connectivity index (χ2n) is 7.01. The van der Waals surface area contributed by atoms with E-state index in [4.69, 9.17) is 14.2 Å². The summed E-state index contributed by atoms with van der Waals surface area (Å²) in [7, 11) is 1.56. The first-order chi connectivity index (χ1) is 12.3. The highest BCUT2D eigenvalue weighted by atomic mass is 16.5. The van der Waals surface area contributed by atoms with Crippen LogP contribution in [0.4, 0.5) is 0 Å². The number of ether oxygens (including phenoxy) is 3. The third-order valence-corrected chi connectivity index (χ3v) is 3.88. The molecule has 0 unspecified atom stereocenters. The SMILES string of the molecule is COc1ccc2c(c1)O/C(=C\c1ccc(OC(=O)C(C)(C)C)cc1)C2=O. The van der Waals surface area contributed by atoms with E-state index in [-0.39, 0.29) is 17.5 Å². The van der Waals surface area contributed by atoms with Crippen LogP contribution in [0.2, 0.25) is 0 Å². The molecule has 0 fully saturated rings. The Morgan fingerprint density at radius 3 is 2.31 bits per heavy atom.